The van der Waals surface area contributed by atoms with Gasteiger partial charge in [0.25, 0.3) is 5.91 Å². The average Bonchev–Trinajstić information content (AvgIpc) is 2.67. The lowest BCUT2D eigenvalue weighted by Gasteiger charge is -2.18. The molecule has 0 aliphatic carbocycles. The Morgan fingerprint density at radius 1 is 1.04 bits per heavy atom. The number of carbonyl (C=O) groups is 1. The fourth-order valence-electron chi connectivity index (χ4n) is 2.42. The first-order valence-corrected chi connectivity index (χ1v) is 10.0. The molecule has 0 unspecified atom stereocenters. The minimum atomic E-state index is -3.52. The van der Waals surface area contributed by atoms with Crippen LogP contribution in [0.5, 0.6) is 5.75 Å². The third kappa shape index (κ3) is 5.77. The standard InChI is InChI=1S/C19H23FN2O4S/c1-3-22(4-2)27(24,25)18-11-9-17(10-12-18)26-14-19(23)21-13-15-5-7-16(20)8-6-15/h5-12H,3-4,13-14H2,1-2H3,(H,21,23). The molecule has 2 aromatic carbocycles. The molecule has 0 heterocycles. The highest BCUT2D eigenvalue weighted by Crippen LogP contribution is 2.19. The highest BCUT2D eigenvalue weighted by atomic mass is 32.2. The van der Waals surface area contributed by atoms with E-state index < -0.39 is 10.0 Å². The predicted octanol–water partition coefficient (Wildman–Crippen LogP) is 2.55. The molecule has 0 bridgehead atoms. The molecule has 27 heavy (non-hydrogen) atoms. The number of amides is 1. The maximum Gasteiger partial charge on any atom is 0.258 e. The van der Waals surface area contributed by atoms with Crippen molar-refractivity contribution >= 4 is 15.9 Å². The molecule has 146 valence electrons. The van der Waals surface area contributed by atoms with Crippen molar-refractivity contribution in [3.8, 4) is 5.75 Å². The maximum atomic E-state index is 12.8. The summed E-state index contributed by atoms with van der Waals surface area (Å²) in [5.74, 6) is -0.274. The van der Waals surface area contributed by atoms with E-state index >= 15 is 0 Å². The number of hydrogen-bond acceptors (Lipinski definition) is 4. The normalized spacial score (nSPS) is 11.4. The van der Waals surface area contributed by atoms with E-state index in [4.69, 9.17) is 4.74 Å². The van der Waals surface area contributed by atoms with Crippen LogP contribution in [0.4, 0.5) is 4.39 Å². The zero-order valence-corrected chi connectivity index (χ0v) is 16.1. The van der Waals surface area contributed by atoms with Gasteiger partial charge in [-0.3, -0.25) is 4.79 Å². The number of ether oxygens (including phenoxy) is 1. The quantitative estimate of drug-likeness (QED) is 0.709. The van der Waals surface area contributed by atoms with Crippen molar-refractivity contribution in [3.05, 3.63) is 59.9 Å². The van der Waals surface area contributed by atoms with Crippen molar-refractivity contribution in [1.29, 1.82) is 0 Å². The second-order valence-corrected chi connectivity index (χ2v) is 7.69. The highest BCUT2D eigenvalue weighted by molar-refractivity contribution is 7.89. The van der Waals surface area contributed by atoms with E-state index in [0.29, 0.717) is 18.8 Å². The lowest BCUT2D eigenvalue weighted by Crippen LogP contribution is -2.30. The first-order valence-electron chi connectivity index (χ1n) is 8.61. The number of sulfonamides is 1. The van der Waals surface area contributed by atoms with Crippen molar-refractivity contribution < 1.29 is 22.3 Å². The number of hydrogen-bond donors (Lipinski definition) is 1. The van der Waals surface area contributed by atoms with E-state index in [-0.39, 0.29) is 29.8 Å². The van der Waals surface area contributed by atoms with E-state index in [0.717, 1.165) is 5.56 Å². The fraction of sp³-hybridized carbons (Fsp3) is 0.316. The number of halogens is 1. The van der Waals surface area contributed by atoms with E-state index in [1.165, 1.54) is 40.7 Å². The van der Waals surface area contributed by atoms with Crippen molar-refractivity contribution in [2.75, 3.05) is 19.7 Å². The summed E-state index contributed by atoms with van der Waals surface area (Å²) in [7, 11) is -3.52. The summed E-state index contributed by atoms with van der Waals surface area (Å²) in [6.07, 6.45) is 0. The Balaban J connectivity index is 1.87. The van der Waals surface area contributed by atoms with Crippen LogP contribution in [-0.4, -0.2) is 38.3 Å². The third-order valence-corrected chi connectivity index (χ3v) is 6.00. The molecule has 0 aliphatic rings. The van der Waals surface area contributed by atoms with Crippen LogP contribution in [0.2, 0.25) is 0 Å². The number of nitrogens with one attached hydrogen (secondary N) is 1. The maximum absolute atomic E-state index is 12.8. The van der Waals surface area contributed by atoms with Crippen LogP contribution in [0.3, 0.4) is 0 Å². The molecule has 6 nitrogen and oxygen atoms in total. The SMILES string of the molecule is CCN(CC)S(=O)(=O)c1ccc(OCC(=O)NCc2ccc(F)cc2)cc1. The Morgan fingerprint density at radius 3 is 2.19 bits per heavy atom. The highest BCUT2D eigenvalue weighted by Gasteiger charge is 2.21. The van der Waals surface area contributed by atoms with Crippen LogP contribution in [0, 0.1) is 5.82 Å². The third-order valence-electron chi connectivity index (χ3n) is 3.94. The average molecular weight is 394 g/mol. The van der Waals surface area contributed by atoms with Crippen molar-refractivity contribution in [1.82, 2.24) is 9.62 Å². The molecule has 8 heteroatoms. The number of rotatable bonds is 9. The van der Waals surface area contributed by atoms with Crippen molar-refractivity contribution in [2.45, 2.75) is 25.3 Å². The Bertz CT molecular complexity index is 848. The van der Waals surface area contributed by atoms with Gasteiger partial charge in [0, 0.05) is 19.6 Å². The van der Waals surface area contributed by atoms with Crippen molar-refractivity contribution in [2.24, 2.45) is 0 Å². The Labute approximate surface area is 159 Å². The van der Waals surface area contributed by atoms with Gasteiger partial charge in [0.1, 0.15) is 11.6 Å². The zero-order chi connectivity index (χ0) is 19.9. The van der Waals surface area contributed by atoms with E-state index in [2.05, 4.69) is 5.32 Å². The summed E-state index contributed by atoms with van der Waals surface area (Å²) in [4.78, 5) is 12.0. The summed E-state index contributed by atoms with van der Waals surface area (Å²) in [6, 6.07) is 11.8. The zero-order valence-electron chi connectivity index (χ0n) is 15.3. The summed E-state index contributed by atoms with van der Waals surface area (Å²) < 4.78 is 44.4. The predicted molar refractivity (Wildman–Crippen MR) is 100 cm³/mol. The first kappa shape index (κ1) is 20.9. The minimum Gasteiger partial charge on any atom is -0.484 e. The monoisotopic (exact) mass is 394 g/mol. The van der Waals surface area contributed by atoms with E-state index in [1.54, 1.807) is 26.0 Å². The van der Waals surface area contributed by atoms with Gasteiger partial charge >= 0.3 is 0 Å². The summed E-state index contributed by atoms with van der Waals surface area (Å²) in [5, 5.41) is 2.67. The van der Waals surface area contributed by atoms with E-state index in [9.17, 15) is 17.6 Å². The minimum absolute atomic E-state index is 0.180. The van der Waals surface area contributed by atoms with Crippen LogP contribution in [0.1, 0.15) is 19.4 Å². The lowest BCUT2D eigenvalue weighted by atomic mass is 10.2. The largest absolute Gasteiger partial charge is 0.484 e. The van der Waals surface area contributed by atoms with Gasteiger partial charge in [0.2, 0.25) is 10.0 Å². The Hall–Kier alpha value is -2.45. The molecule has 0 atom stereocenters. The molecule has 0 aliphatic heterocycles. The van der Waals surface area contributed by atoms with Gasteiger partial charge in [-0.25, -0.2) is 12.8 Å². The van der Waals surface area contributed by atoms with Gasteiger partial charge in [-0.2, -0.15) is 4.31 Å². The number of carbonyl (C=O) groups excluding carboxylic acids is 1. The second-order valence-electron chi connectivity index (χ2n) is 5.75. The van der Waals surface area contributed by atoms with Crippen LogP contribution in [0.25, 0.3) is 0 Å². The number of nitrogens with zero attached hydrogens (tertiary/aromatic N) is 1. The van der Waals surface area contributed by atoms with Crippen LogP contribution >= 0.6 is 0 Å². The molecule has 0 fully saturated rings. The lowest BCUT2D eigenvalue weighted by molar-refractivity contribution is -0.123. The van der Waals surface area contributed by atoms with Crippen molar-refractivity contribution in [3.63, 3.8) is 0 Å². The molecule has 2 rings (SSSR count). The van der Waals surface area contributed by atoms with Gasteiger partial charge in [0.15, 0.2) is 6.61 Å². The molecular weight excluding hydrogens is 371 g/mol. The summed E-state index contributed by atoms with van der Waals surface area (Å²) in [6.45, 7) is 4.41. The Morgan fingerprint density at radius 2 is 1.63 bits per heavy atom. The number of benzene rings is 2. The topological polar surface area (TPSA) is 75.7 Å². The first-order chi connectivity index (χ1) is 12.9. The van der Waals surface area contributed by atoms with Gasteiger partial charge in [-0.1, -0.05) is 26.0 Å². The Kier molecular flexibility index (Phi) is 7.32. The van der Waals surface area contributed by atoms with Gasteiger partial charge in [0.05, 0.1) is 4.90 Å². The van der Waals surface area contributed by atoms with Gasteiger partial charge in [-0.05, 0) is 42.0 Å². The second kappa shape index (κ2) is 9.48. The summed E-state index contributed by atoms with van der Waals surface area (Å²) >= 11 is 0. The van der Waals surface area contributed by atoms with Gasteiger partial charge in [-0.15, -0.1) is 0 Å². The van der Waals surface area contributed by atoms with Crippen LogP contribution in [0.15, 0.2) is 53.4 Å². The molecule has 2 aromatic rings. The molecular formula is C19H23FN2O4S. The molecule has 0 radical (unpaired) electrons. The molecule has 1 amide bonds. The molecule has 1 N–H and O–H groups in total. The molecule has 0 spiro atoms. The van der Waals surface area contributed by atoms with Gasteiger partial charge < -0.3 is 10.1 Å². The van der Waals surface area contributed by atoms with Crippen LogP contribution < -0.4 is 10.1 Å². The molecule has 0 saturated carbocycles. The fourth-order valence-corrected chi connectivity index (χ4v) is 3.88. The molecule has 0 aromatic heterocycles. The molecule has 0 saturated heterocycles. The van der Waals surface area contributed by atoms with Crippen LogP contribution in [-0.2, 0) is 21.4 Å². The van der Waals surface area contributed by atoms with E-state index in [1.807, 2.05) is 0 Å². The smallest absolute Gasteiger partial charge is 0.258 e. The summed E-state index contributed by atoms with van der Waals surface area (Å²) in [5.41, 5.74) is 0.774.